The van der Waals surface area contributed by atoms with Crippen molar-refractivity contribution in [3.05, 3.63) is 63.6 Å². The summed E-state index contributed by atoms with van der Waals surface area (Å²) in [5, 5.41) is 7.13. The molecule has 43 heavy (non-hydrogen) atoms. The number of ether oxygens (including phenoxy) is 2. The zero-order valence-corrected chi connectivity index (χ0v) is 25.7. The summed E-state index contributed by atoms with van der Waals surface area (Å²) in [6, 6.07) is 9.20. The summed E-state index contributed by atoms with van der Waals surface area (Å²) in [5.41, 5.74) is 3.14. The first-order valence-electron chi connectivity index (χ1n) is 14.4. The Morgan fingerprint density at radius 3 is 2.63 bits per heavy atom. The topological polar surface area (TPSA) is 136 Å². The van der Waals surface area contributed by atoms with Crippen LogP contribution in [0.4, 0.5) is 5.69 Å². The summed E-state index contributed by atoms with van der Waals surface area (Å²) in [7, 11) is -3.93. The molecule has 7 rings (SSSR count). The Kier molecular flexibility index (Phi) is 7.63. The van der Waals surface area contributed by atoms with Gasteiger partial charge in [0.2, 0.25) is 0 Å². The number of carbonyl (C=O) groups is 1. The number of fused-ring (bicyclic) bond motifs is 2. The van der Waals surface area contributed by atoms with E-state index in [9.17, 15) is 13.2 Å². The highest BCUT2D eigenvalue weighted by Gasteiger charge is 2.50. The first-order valence-corrected chi connectivity index (χ1v) is 16.7. The third kappa shape index (κ3) is 5.42. The average Bonchev–Trinajstić information content (AvgIpc) is 3.34. The van der Waals surface area contributed by atoms with E-state index in [0.717, 1.165) is 42.7 Å². The predicted octanol–water partition coefficient (Wildman–Crippen LogP) is 4.46. The van der Waals surface area contributed by atoms with Crippen molar-refractivity contribution in [2.24, 2.45) is 5.92 Å². The van der Waals surface area contributed by atoms with E-state index in [1.54, 1.807) is 24.4 Å². The van der Waals surface area contributed by atoms with Gasteiger partial charge >= 0.3 is 0 Å². The average molecular weight is 649 g/mol. The molecule has 4 aliphatic rings. The standard InChI is InChI=1S/C29H31Cl2N5O6S/c1-15-19-9-18(36(15)17-7-8-23(32-11-17)29(37)35-43(38,39)25-13-40-14-33-25)10-24(19)41-12-20-27(34-42-28(20)16-5-6-16)26-21(30)3-2-4-22(26)31/h2-4,7-8,11,15-16,18-19,24-25,33H,5-6,9-10,12-14H2,1H3,(H,35,37). The van der Waals surface area contributed by atoms with Crippen LogP contribution in [0, 0.1) is 5.92 Å². The first-order chi connectivity index (χ1) is 20.7. The lowest BCUT2D eigenvalue weighted by Gasteiger charge is -2.38. The molecule has 2 saturated heterocycles. The van der Waals surface area contributed by atoms with E-state index in [1.165, 1.54) is 0 Å². The molecule has 2 aliphatic carbocycles. The SMILES string of the molecule is CC1C2CC(CC2OCc2c(-c3c(Cl)cccc3Cl)noc2C2CC2)N1c1ccc(C(=O)NS(=O)(=O)C2COCN2)nc1. The second-order valence-electron chi connectivity index (χ2n) is 11.6. The first kappa shape index (κ1) is 29.0. The Balaban J connectivity index is 1.02. The van der Waals surface area contributed by atoms with E-state index in [1.807, 2.05) is 12.1 Å². The fourth-order valence-corrected chi connectivity index (χ4v) is 8.30. The van der Waals surface area contributed by atoms with E-state index < -0.39 is 21.3 Å². The molecule has 228 valence electrons. The van der Waals surface area contributed by atoms with Crippen molar-refractivity contribution in [2.45, 2.75) is 68.7 Å². The molecule has 1 aromatic carbocycles. The van der Waals surface area contributed by atoms with Gasteiger partial charge in [-0.3, -0.25) is 10.1 Å². The van der Waals surface area contributed by atoms with Crippen LogP contribution in [0.5, 0.6) is 0 Å². The van der Waals surface area contributed by atoms with Gasteiger partial charge in [-0.25, -0.2) is 18.1 Å². The van der Waals surface area contributed by atoms with Crippen LogP contribution in [0.1, 0.15) is 60.3 Å². The number of pyridine rings is 1. The van der Waals surface area contributed by atoms with E-state index in [2.05, 4.69) is 32.0 Å². The summed E-state index contributed by atoms with van der Waals surface area (Å²) in [6.07, 6.45) is 5.64. The number of hydrogen-bond donors (Lipinski definition) is 2. The van der Waals surface area contributed by atoms with Crippen molar-refractivity contribution < 1.29 is 27.2 Å². The number of benzene rings is 1. The minimum atomic E-state index is -3.93. The van der Waals surface area contributed by atoms with Crippen molar-refractivity contribution >= 4 is 44.8 Å². The lowest BCUT2D eigenvalue weighted by molar-refractivity contribution is 0.00367. The number of anilines is 1. The van der Waals surface area contributed by atoms with Gasteiger partial charge in [-0.05, 0) is 56.9 Å². The molecule has 5 unspecified atom stereocenters. The zero-order valence-electron chi connectivity index (χ0n) is 23.3. The van der Waals surface area contributed by atoms with E-state index in [-0.39, 0.29) is 37.2 Å². The van der Waals surface area contributed by atoms with Gasteiger partial charge in [0.25, 0.3) is 15.9 Å². The van der Waals surface area contributed by atoms with Gasteiger partial charge in [0.1, 0.15) is 17.1 Å². The van der Waals surface area contributed by atoms with E-state index >= 15 is 0 Å². The molecule has 14 heteroatoms. The summed E-state index contributed by atoms with van der Waals surface area (Å²) in [5.74, 6) is 0.735. The third-order valence-electron chi connectivity index (χ3n) is 8.96. The van der Waals surface area contributed by atoms with Crippen molar-refractivity contribution in [3.8, 4) is 11.3 Å². The smallest absolute Gasteiger partial charge is 0.283 e. The number of halogens is 2. The third-order valence-corrected chi connectivity index (χ3v) is 11.1. The van der Waals surface area contributed by atoms with E-state index in [0.29, 0.717) is 39.7 Å². The Morgan fingerprint density at radius 1 is 1.19 bits per heavy atom. The van der Waals surface area contributed by atoms with Crippen molar-refractivity contribution in [1.82, 2.24) is 20.2 Å². The molecule has 1 amide bonds. The molecule has 4 fully saturated rings. The summed E-state index contributed by atoms with van der Waals surface area (Å²) < 4.78 is 44.3. The van der Waals surface area contributed by atoms with Crippen LogP contribution in [0.2, 0.25) is 10.0 Å². The fourth-order valence-electron chi connectivity index (χ4n) is 6.66. The van der Waals surface area contributed by atoms with Gasteiger partial charge in [0.15, 0.2) is 5.37 Å². The van der Waals surface area contributed by atoms with Crippen LogP contribution in [-0.4, -0.2) is 61.4 Å². The Labute approximate surface area is 259 Å². The normalized spacial score (nSPS) is 26.8. The molecule has 2 bridgehead atoms. The van der Waals surface area contributed by atoms with Gasteiger partial charge in [0, 0.05) is 35.0 Å². The molecule has 2 saturated carbocycles. The molecule has 2 aromatic heterocycles. The molecule has 0 radical (unpaired) electrons. The van der Waals surface area contributed by atoms with Crippen LogP contribution in [0.15, 0.2) is 41.1 Å². The number of sulfonamides is 1. The molecule has 4 heterocycles. The van der Waals surface area contributed by atoms with Crippen LogP contribution in [0.3, 0.4) is 0 Å². The van der Waals surface area contributed by atoms with Crippen molar-refractivity contribution in [1.29, 1.82) is 0 Å². The van der Waals surface area contributed by atoms with Crippen LogP contribution >= 0.6 is 23.2 Å². The van der Waals surface area contributed by atoms with Crippen LogP contribution in [-0.2, 0) is 26.1 Å². The number of nitrogens with one attached hydrogen (secondary N) is 2. The minimum Gasteiger partial charge on any atom is -0.373 e. The number of piperidine rings is 1. The summed E-state index contributed by atoms with van der Waals surface area (Å²) in [6.45, 7) is 2.64. The molecule has 11 nitrogen and oxygen atoms in total. The van der Waals surface area contributed by atoms with Crippen LogP contribution in [0.25, 0.3) is 11.3 Å². The maximum Gasteiger partial charge on any atom is 0.283 e. The molecule has 2 N–H and O–H groups in total. The summed E-state index contributed by atoms with van der Waals surface area (Å²) >= 11 is 13.0. The maximum absolute atomic E-state index is 12.6. The molecule has 3 aromatic rings. The van der Waals surface area contributed by atoms with Crippen molar-refractivity contribution in [3.63, 3.8) is 0 Å². The number of nitrogens with zero attached hydrogens (tertiary/aromatic N) is 3. The lowest BCUT2D eigenvalue weighted by atomic mass is 9.96. The van der Waals surface area contributed by atoms with Crippen molar-refractivity contribution in [2.75, 3.05) is 18.2 Å². The van der Waals surface area contributed by atoms with Gasteiger partial charge in [-0.15, -0.1) is 0 Å². The molecular formula is C29H31Cl2N5O6S. The number of amides is 1. The molecule has 2 aliphatic heterocycles. The second kappa shape index (κ2) is 11.3. The Bertz CT molecular complexity index is 1620. The highest BCUT2D eigenvalue weighted by atomic mass is 35.5. The molecular weight excluding hydrogens is 617 g/mol. The summed E-state index contributed by atoms with van der Waals surface area (Å²) in [4.78, 5) is 19.2. The largest absolute Gasteiger partial charge is 0.373 e. The maximum atomic E-state index is 12.6. The minimum absolute atomic E-state index is 0.0212. The van der Waals surface area contributed by atoms with Gasteiger partial charge in [-0.2, -0.15) is 0 Å². The predicted molar refractivity (Wildman–Crippen MR) is 159 cm³/mol. The van der Waals surface area contributed by atoms with Gasteiger partial charge in [-0.1, -0.05) is 34.4 Å². The van der Waals surface area contributed by atoms with E-state index in [4.69, 9.17) is 37.2 Å². The second-order valence-corrected chi connectivity index (χ2v) is 14.3. The highest BCUT2D eigenvalue weighted by molar-refractivity contribution is 7.90. The molecule has 5 atom stereocenters. The van der Waals surface area contributed by atoms with Crippen LogP contribution < -0.4 is 14.9 Å². The molecule has 0 spiro atoms. The highest BCUT2D eigenvalue weighted by Crippen LogP contribution is 2.48. The van der Waals surface area contributed by atoms with Gasteiger partial charge < -0.3 is 18.9 Å². The van der Waals surface area contributed by atoms with Gasteiger partial charge in [0.05, 0.1) is 48.0 Å². The lowest BCUT2D eigenvalue weighted by Crippen LogP contribution is -2.45. The number of rotatable bonds is 9. The zero-order chi connectivity index (χ0) is 29.9. The number of carbonyl (C=O) groups excluding carboxylic acids is 1. The number of hydrogen-bond acceptors (Lipinski definition) is 10. The Morgan fingerprint density at radius 2 is 1.98 bits per heavy atom. The number of aromatic nitrogens is 2. The fraction of sp³-hybridized carbons (Fsp3) is 0.483. The quantitative estimate of drug-likeness (QED) is 0.343. The Hall–Kier alpha value is -2.74. The monoisotopic (exact) mass is 647 g/mol.